The lowest BCUT2D eigenvalue weighted by Gasteiger charge is -2.34. The molecule has 0 unspecified atom stereocenters. The number of likely N-dealkylation sites (tertiary alicyclic amines) is 1. The fourth-order valence-corrected chi connectivity index (χ4v) is 3.63. The average Bonchev–Trinajstić information content (AvgIpc) is 3.16. The Kier molecular flexibility index (Phi) is 4.23. The number of piperidine rings is 1. The Morgan fingerprint density at radius 3 is 2.76 bits per heavy atom. The number of amides is 2. The largest absolute Gasteiger partial charge is 0.323 e. The highest BCUT2D eigenvalue weighted by atomic mass is 16.2. The van der Waals surface area contributed by atoms with Gasteiger partial charge < -0.3 is 5.32 Å². The van der Waals surface area contributed by atoms with E-state index in [1.54, 1.807) is 11.1 Å². The molecule has 4 rings (SSSR count). The van der Waals surface area contributed by atoms with Crippen LogP contribution in [-0.2, 0) is 9.59 Å². The molecule has 0 spiro atoms. The zero-order chi connectivity index (χ0) is 17.2. The van der Waals surface area contributed by atoms with Crippen LogP contribution in [0.3, 0.4) is 0 Å². The molecule has 3 heterocycles. The Hall–Kier alpha value is -2.67. The number of nitrogens with zero attached hydrogens (tertiary/aromatic N) is 3. The summed E-state index contributed by atoms with van der Waals surface area (Å²) in [5.74, 6) is 0.308. The topological polar surface area (TPSA) is 81.3 Å². The van der Waals surface area contributed by atoms with Crippen LogP contribution in [0.2, 0.25) is 0 Å². The molecule has 0 atom stereocenters. The second-order valence-corrected chi connectivity index (χ2v) is 6.61. The van der Waals surface area contributed by atoms with E-state index in [9.17, 15) is 9.59 Å². The van der Waals surface area contributed by atoms with E-state index < -0.39 is 0 Å². The number of carbonyl (C=O) groups is 2. The second kappa shape index (κ2) is 6.68. The maximum absolute atomic E-state index is 12.8. The molecule has 1 saturated heterocycles. The first-order valence-electron chi connectivity index (χ1n) is 8.61. The van der Waals surface area contributed by atoms with Gasteiger partial charge in [-0.1, -0.05) is 12.1 Å². The summed E-state index contributed by atoms with van der Waals surface area (Å²) in [6, 6.07) is 9.45. The van der Waals surface area contributed by atoms with Crippen LogP contribution in [0.25, 0.3) is 0 Å². The van der Waals surface area contributed by atoms with E-state index in [2.05, 4.69) is 20.4 Å². The molecule has 0 aliphatic carbocycles. The summed E-state index contributed by atoms with van der Waals surface area (Å²) in [7, 11) is 0. The predicted molar refractivity (Wildman–Crippen MR) is 94.4 cm³/mol. The predicted octanol–water partition coefficient (Wildman–Crippen LogP) is 1.57. The highest BCUT2D eigenvalue weighted by Gasteiger charge is 2.29. The van der Waals surface area contributed by atoms with E-state index in [4.69, 9.17) is 0 Å². The number of rotatable bonds is 3. The molecular formula is C18H21N5O2. The van der Waals surface area contributed by atoms with Gasteiger partial charge in [0.05, 0.1) is 17.9 Å². The number of hydrogen-bond donors (Lipinski definition) is 2. The third-order valence-corrected chi connectivity index (χ3v) is 4.98. The van der Waals surface area contributed by atoms with Crippen LogP contribution in [0.4, 0.5) is 11.4 Å². The number of nitrogens with one attached hydrogen (secondary N) is 2. The highest BCUT2D eigenvalue weighted by molar-refractivity contribution is 6.10. The summed E-state index contributed by atoms with van der Waals surface area (Å²) in [5, 5.41) is 9.87. The normalized spacial score (nSPS) is 18.7. The van der Waals surface area contributed by atoms with Crippen LogP contribution in [0.1, 0.15) is 24.5 Å². The van der Waals surface area contributed by atoms with Gasteiger partial charge in [0.25, 0.3) is 0 Å². The van der Waals surface area contributed by atoms with Gasteiger partial charge >= 0.3 is 0 Å². The van der Waals surface area contributed by atoms with Crippen LogP contribution in [0.5, 0.6) is 0 Å². The number of aromatic amines is 1. The van der Waals surface area contributed by atoms with Crippen molar-refractivity contribution in [1.29, 1.82) is 0 Å². The van der Waals surface area contributed by atoms with Gasteiger partial charge in [0.2, 0.25) is 11.8 Å². The molecule has 1 aromatic heterocycles. The number of hydrogen-bond acceptors (Lipinski definition) is 4. The van der Waals surface area contributed by atoms with Gasteiger partial charge in [-0.25, -0.2) is 0 Å². The summed E-state index contributed by atoms with van der Waals surface area (Å²) in [6.07, 6.45) is 3.79. The molecule has 7 nitrogen and oxygen atoms in total. The minimum absolute atomic E-state index is 0.0257. The van der Waals surface area contributed by atoms with Crippen LogP contribution in [0, 0.1) is 0 Å². The van der Waals surface area contributed by atoms with E-state index in [1.165, 1.54) is 5.69 Å². The zero-order valence-corrected chi connectivity index (χ0v) is 13.9. The zero-order valence-electron chi connectivity index (χ0n) is 13.9. The first kappa shape index (κ1) is 15.8. The van der Waals surface area contributed by atoms with E-state index >= 15 is 0 Å². The minimum Gasteiger partial charge on any atom is -0.323 e. The molecule has 2 aliphatic rings. The first-order valence-corrected chi connectivity index (χ1v) is 8.61. The van der Waals surface area contributed by atoms with Crippen molar-refractivity contribution in [3.05, 3.63) is 42.2 Å². The van der Waals surface area contributed by atoms with Gasteiger partial charge in [-0.2, -0.15) is 5.10 Å². The lowest BCUT2D eigenvalue weighted by molar-refractivity contribution is -0.122. The van der Waals surface area contributed by atoms with Crippen LogP contribution in [-0.4, -0.2) is 53.1 Å². The third kappa shape index (κ3) is 3.28. The van der Waals surface area contributed by atoms with Gasteiger partial charge in [-0.15, -0.1) is 0 Å². The molecule has 2 N–H and O–H groups in total. The summed E-state index contributed by atoms with van der Waals surface area (Å²) in [5.41, 5.74) is 2.65. The van der Waals surface area contributed by atoms with Gasteiger partial charge in [0.1, 0.15) is 6.54 Å². The van der Waals surface area contributed by atoms with E-state index in [-0.39, 0.29) is 18.4 Å². The quantitative estimate of drug-likeness (QED) is 0.889. The maximum atomic E-state index is 12.8. The summed E-state index contributed by atoms with van der Waals surface area (Å²) in [6.45, 7) is 2.17. The number of H-pyrrole nitrogens is 1. The Labute approximate surface area is 146 Å². The number of fused-ring (bicyclic) bond motifs is 1. The SMILES string of the molecule is O=C1CN(C(=O)CN2CCC(c3ccn[nH]3)CC2)c2ccccc2N1. The van der Waals surface area contributed by atoms with Crippen molar-refractivity contribution < 1.29 is 9.59 Å². The number of benzene rings is 1. The smallest absolute Gasteiger partial charge is 0.244 e. The number of carbonyl (C=O) groups excluding carboxylic acids is 2. The molecule has 25 heavy (non-hydrogen) atoms. The fourth-order valence-electron chi connectivity index (χ4n) is 3.63. The Bertz CT molecular complexity index is 766. The van der Waals surface area contributed by atoms with Crippen molar-refractivity contribution in [2.45, 2.75) is 18.8 Å². The molecule has 2 aromatic rings. The van der Waals surface area contributed by atoms with Crippen LogP contribution >= 0.6 is 0 Å². The molecule has 2 aliphatic heterocycles. The van der Waals surface area contributed by atoms with Crippen molar-refractivity contribution in [2.24, 2.45) is 0 Å². The van der Waals surface area contributed by atoms with Gasteiger partial charge in [0.15, 0.2) is 0 Å². The molecule has 0 bridgehead atoms. The number of anilines is 2. The van der Waals surface area contributed by atoms with Crippen molar-refractivity contribution in [1.82, 2.24) is 15.1 Å². The van der Waals surface area contributed by atoms with Crippen molar-refractivity contribution in [2.75, 3.05) is 36.4 Å². The number of para-hydroxylation sites is 2. The highest BCUT2D eigenvalue weighted by Crippen LogP contribution is 2.30. The van der Waals surface area contributed by atoms with Gasteiger partial charge in [0, 0.05) is 17.8 Å². The van der Waals surface area contributed by atoms with E-state index in [0.717, 1.165) is 31.6 Å². The van der Waals surface area contributed by atoms with E-state index in [0.29, 0.717) is 18.2 Å². The van der Waals surface area contributed by atoms with Crippen molar-refractivity contribution in [3.63, 3.8) is 0 Å². The van der Waals surface area contributed by atoms with Gasteiger partial charge in [-0.05, 0) is 44.1 Å². The monoisotopic (exact) mass is 339 g/mol. The molecule has 0 saturated carbocycles. The molecule has 2 amide bonds. The first-order chi connectivity index (χ1) is 12.2. The summed E-state index contributed by atoms with van der Waals surface area (Å²) in [4.78, 5) is 28.4. The average molecular weight is 339 g/mol. The number of aromatic nitrogens is 2. The molecule has 1 aromatic carbocycles. The Morgan fingerprint density at radius 2 is 2.00 bits per heavy atom. The molecule has 130 valence electrons. The molecule has 0 radical (unpaired) electrons. The molecule has 7 heteroatoms. The van der Waals surface area contributed by atoms with Gasteiger partial charge in [-0.3, -0.25) is 24.5 Å². The Balaban J connectivity index is 1.39. The second-order valence-electron chi connectivity index (χ2n) is 6.61. The third-order valence-electron chi connectivity index (χ3n) is 4.98. The molecule has 1 fully saturated rings. The Morgan fingerprint density at radius 1 is 1.20 bits per heavy atom. The maximum Gasteiger partial charge on any atom is 0.244 e. The minimum atomic E-state index is -0.148. The van der Waals surface area contributed by atoms with Crippen LogP contribution < -0.4 is 10.2 Å². The van der Waals surface area contributed by atoms with Crippen LogP contribution in [0.15, 0.2) is 36.5 Å². The van der Waals surface area contributed by atoms with Crippen molar-refractivity contribution in [3.8, 4) is 0 Å². The molecular weight excluding hydrogens is 318 g/mol. The summed E-state index contributed by atoms with van der Waals surface area (Å²) >= 11 is 0. The van der Waals surface area contributed by atoms with Crippen molar-refractivity contribution >= 4 is 23.2 Å². The lowest BCUT2D eigenvalue weighted by Crippen LogP contribution is -2.47. The summed E-state index contributed by atoms with van der Waals surface area (Å²) < 4.78 is 0. The standard InChI is InChI=1S/C18H21N5O2/c24-17-11-23(16-4-2-1-3-15(16)20-17)18(25)12-22-9-6-13(7-10-22)14-5-8-19-21-14/h1-5,8,13H,6-7,9-12H2,(H,19,21)(H,20,24). The van der Waals surface area contributed by atoms with E-state index in [1.807, 2.05) is 30.3 Å². The fraction of sp³-hybridized carbons (Fsp3) is 0.389. The lowest BCUT2D eigenvalue weighted by atomic mass is 9.94.